The van der Waals surface area contributed by atoms with Crippen LogP contribution in [0.15, 0.2) is 36.4 Å². The van der Waals surface area contributed by atoms with Crippen LogP contribution in [-0.4, -0.2) is 28.2 Å². The number of hydrogen-bond acceptors (Lipinski definition) is 3. The minimum Gasteiger partial charge on any atom is -0.297 e. The number of hydrogen-bond donors (Lipinski definition) is 0. The van der Waals surface area contributed by atoms with Crippen LogP contribution in [0.3, 0.4) is 0 Å². The average Bonchev–Trinajstić information content (AvgIpc) is 3.09. The molecule has 3 nitrogen and oxygen atoms in total. The van der Waals surface area contributed by atoms with E-state index in [4.69, 9.17) is 0 Å². The standard InChI is InChI=1S/C19H25N3/c1-14(2)18-10-11-19(21-20-18)17-8-6-16(7-9-17)15(3)22-12-4-5-13-22/h6-11,14-15H,4-5,12-13H2,1-3H3/t15-/m1/s1. The van der Waals surface area contributed by atoms with Crippen LogP contribution in [0.4, 0.5) is 0 Å². The third-order valence-electron chi connectivity index (χ3n) is 4.65. The van der Waals surface area contributed by atoms with Crippen LogP contribution in [0, 0.1) is 0 Å². The van der Waals surface area contributed by atoms with E-state index in [0.717, 1.165) is 17.0 Å². The van der Waals surface area contributed by atoms with Crippen molar-refractivity contribution in [1.82, 2.24) is 15.1 Å². The Balaban J connectivity index is 1.75. The highest BCUT2D eigenvalue weighted by atomic mass is 15.2. The van der Waals surface area contributed by atoms with Gasteiger partial charge in [0.2, 0.25) is 0 Å². The van der Waals surface area contributed by atoms with Gasteiger partial charge in [0, 0.05) is 11.6 Å². The third kappa shape index (κ3) is 3.20. The van der Waals surface area contributed by atoms with Gasteiger partial charge in [-0.2, -0.15) is 10.2 Å². The molecule has 1 atom stereocenters. The third-order valence-corrected chi connectivity index (χ3v) is 4.65. The highest BCUT2D eigenvalue weighted by molar-refractivity contribution is 5.59. The van der Waals surface area contributed by atoms with Gasteiger partial charge >= 0.3 is 0 Å². The molecule has 116 valence electrons. The first-order chi connectivity index (χ1) is 10.6. The topological polar surface area (TPSA) is 29.0 Å². The molecule has 1 aliphatic rings. The van der Waals surface area contributed by atoms with E-state index < -0.39 is 0 Å². The van der Waals surface area contributed by atoms with Crippen molar-refractivity contribution in [2.75, 3.05) is 13.1 Å². The fourth-order valence-electron chi connectivity index (χ4n) is 3.08. The molecule has 0 bridgehead atoms. The zero-order valence-corrected chi connectivity index (χ0v) is 13.8. The lowest BCUT2D eigenvalue weighted by atomic mass is 10.0. The molecule has 1 saturated heterocycles. The summed E-state index contributed by atoms with van der Waals surface area (Å²) in [5.74, 6) is 0.422. The van der Waals surface area contributed by atoms with E-state index in [1.165, 1.54) is 31.5 Å². The highest BCUT2D eigenvalue weighted by Crippen LogP contribution is 2.26. The van der Waals surface area contributed by atoms with Crippen molar-refractivity contribution in [3.63, 3.8) is 0 Å². The van der Waals surface area contributed by atoms with Crippen molar-refractivity contribution < 1.29 is 0 Å². The molecule has 1 aromatic carbocycles. The SMILES string of the molecule is CC(C)c1ccc(-c2ccc([C@@H](C)N3CCCC3)cc2)nn1. The number of aromatic nitrogens is 2. The Bertz CT molecular complexity index is 596. The molecule has 3 rings (SSSR count). The van der Waals surface area contributed by atoms with E-state index in [0.29, 0.717) is 12.0 Å². The summed E-state index contributed by atoms with van der Waals surface area (Å²) < 4.78 is 0. The molecular weight excluding hydrogens is 270 g/mol. The molecule has 1 fully saturated rings. The van der Waals surface area contributed by atoms with E-state index in [1.54, 1.807) is 0 Å². The van der Waals surface area contributed by atoms with Gasteiger partial charge in [-0.25, -0.2) is 0 Å². The minimum atomic E-state index is 0.422. The second-order valence-electron chi connectivity index (χ2n) is 6.54. The predicted molar refractivity (Wildman–Crippen MR) is 90.8 cm³/mol. The van der Waals surface area contributed by atoms with Crippen molar-refractivity contribution in [3.05, 3.63) is 47.7 Å². The summed E-state index contributed by atoms with van der Waals surface area (Å²) >= 11 is 0. The van der Waals surface area contributed by atoms with Crippen LogP contribution in [0.25, 0.3) is 11.3 Å². The molecule has 0 saturated carbocycles. The van der Waals surface area contributed by atoms with Crippen molar-refractivity contribution >= 4 is 0 Å². The summed E-state index contributed by atoms with van der Waals surface area (Å²) in [6.45, 7) is 9.03. The molecule has 0 radical (unpaired) electrons. The summed E-state index contributed by atoms with van der Waals surface area (Å²) in [5, 5.41) is 8.68. The van der Waals surface area contributed by atoms with Crippen LogP contribution < -0.4 is 0 Å². The zero-order chi connectivity index (χ0) is 15.5. The fraction of sp³-hybridized carbons (Fsp3) is 0.474. The van der Waals surface area contributed by atoms with E-state index in [-0.39, 0.29) is 0 Å². The lowest BCUT2D eigenvalue weighted by molar-refractivity contribution is 0.263. The van der Waals surface area contributed by atoms with Gasteiger partial charge in [0.25, 0.3) is 0 Å². The van der Waals surface area contributed by atoms with Crippen molar-refractivity contribution in [2.45, 2.75) is 45.6 Å². The van der Waals surface area contributed by atoms with Crippen LogP contribution in [0.5, 0.6) is 0 Å². The van der Waals surface area contributed by atoms with Crippen molar-refractivity contribution in [2.24, 2.45) is 0 Å². The van der Waals surface area contributed by atoms with E-state index >= 15 is 0 Å². The van der Waals surface area contributed by atoms with Crippen molar-refractivity contribution in [1.29, 1.82) is 0 Å². The summed E-state index contributed by atoms with van der Waals surface area (Å²) in [6.07, 6.45) is 2.67. The Morgan fingerprint density at radius 1 is 0.864 bits per heavy atom. The molecule has 3 heteroatoms. The average molecular weight is 295 g/mol. The Hall–Kier alpha value is -1.74. The molecule has 1 aromatic heterocycles. The maximum Gasteiger partial charge on any atom is 0.0929 e. The number of benzene rings is 1. The van der Waals surface area contributed by atoms with Gasteiger partial charge in [-0.05, 0) is 56.5 Å². The number of likely N-dealkylation sites (tertiary alicyclic amines) is 1. The first kappa shape index (κ1) is 15.2. The van der Waals surface area contributed by atoms with Crippen LogP contribution >= 0.6 is 0 Å². The van der Waals surface area contributed by atoms with Crippen LogP contribution in [0.1, 0.15) is 56.8 Å². The number of nitrogens with zero attached hydrogens (tertiary/aromatic N) is 3. The molecule has 0 N–H and O–H groups in total. The van der Waals surface area contributed by atoms with Crippen molar-refractivity contribution in [3.8, 4) is 11.3 Å². The van der Waals surface area contributed by atoms with Gasteiger partial charge in [-0.15, -0.1) is 0 Å². The van der Waals surface area contributed by atoms with Gasteiger partial charge in [-0.1, -0.05) is 38.1 Å². The summed E-state index contributed by atoms with van der Waals surface area (Å²) in [6, 6.07) is 13.5. The van der Waals surface area contributed by atoms with Gasteiger partial charge < -0.3 is 0 Å². The molecule has 2 aromatic rings. The molecule has 0 spiro atoms. The monoisotopic (exact) mass is 295 g/mol. The Labute approximate surface area is 133 Å². The molecule has 0 aliphatic carbocycles. The van der Waals surface area contributed by atoms with Crippen LogP contribution in [-0.2, 0) is 0 Å². The maximum atomic E-state index is 4.36. The second kappa shape index (κ2) is 6.57. The lowest BCUT2D eigenvalue weighted by Gasteiger charge is -2.24. The zero-order valence-electron chi connectivity index (χ0n) is 13.8. The van der Waals surface area contributed by atoms with E-state index in [9.17, 15) is 0 Å². The van der Waals surface area contributed by atoms with E-state index in [2.05, 4.69) is 72.3 Å². The normalized spacial score (nSPS) is 17.1. The first-order valence-corrected chi connectivity index (χ1v) is 8.33. The fourth-order valence-corrected chi connectivity index (χ4v) is 3.08. The quantitative estimate of drug-likeness (QED) is 0.836. The highest BCUT2D eigenvalue weighted by Gasteiger charge is 2.19. The Kier molecular flexibility index (Phi) is 4.53. The Morgan fingerprint density at radius 2 is 1.55 bits per heavy atom. The smallest absolute Gasteiger partial charge is 0.0929 e. The molecule has 1 aliphatic heterocycles. The van der Waals surface area contributed by atoms with Gasteiger partial charge in [0.15, 0.2) is 0 Å². The predicted octanol–water partition coefficient (Wildman–Crippen LogP) is 4.42. The maximum absolute atomic E-state index is 4.36. The first-order valence-electron chi connectivity index (χ1n) is 8.33. The summed E-state index contributed by atoms with van der Waals surface area (Å²) in [5.41, 5.74) is 4.52. The molecule has 0 unspecified atom stereocenters. The van der Waals surface area contributed by atoms with Gasteiger partial charge in [0.1, 0.15) is 0 Å². The Morgan fingerprint density at radius 3 is 2.09 bits per heavy atom. The molecule has 0 amide bonds. The minimum absolute atomic E-state index is 0.422. The lowest BCUT2D eigenvalue weighted by Crippen LogP contribution is -2.23. The molecule has 2 heterocycles. The van der Waals surface area contributed by atoms with Gasteiger partial charge in [-0.3, -0.25) is 4.90 Å². The molecule has 22 heavy (non-hydrogen) atoms. The van der Waals surface area contributed by atoms with Gasteiger partial charge in [0.05, 0.1) is 11.4 Å². The second-order valence-corrected chi connectivity index (χ2v) is 6.54. The van der Waals surface area contributed by atoms with Crippen LogP contribution in [0.2, 0.25) is 0 Å². The largest absolute Gasteiger partial charge is 0.297 e. The summed E-state index contributed by atoms with van der Waals surface area (Å²) in [7, 11) is 0. The van der Waals surface area contributed by atoms with E-state index in [1.807, 2.05) is 0 Å². The molecular formula is C19H25N3. The summed E-state index contributed by atoms with van der Waals surface area (Å²) in [4.78, 5) is 2.56. The number of rotatable bonds is 4.